The van der Waals surface area contributed by atoms with Crippen molar-refractivity contribution in [1.82, 2.24) is 0 Å². The van der Waals surface area contributed by atoms with Gasteiger partial charge < -0.3 is 5.73 Å². The van der Waals surface area contributed by atoms with Gasteiger partial charge in [0.25, 0.3) is 0 Å². The highest BCUT2D eigenvalue weighted by Crippen LogP contribution is 2.43. The topological polar surface area (TPSA) is 51.6 Å². The Morgan fingerprint density at radius 1 is 0.957 bits per heavy atom. The number of anilines is 1. The van der Waals surface area contributed by atoms with Gasteiger partial charge in [-0.1, -0.05) is 29.8 Å². The van der Waals surface area contributed by atoms with Gasteiger partial charge in [0, 0.05) is 43.4 Å². The highest BCUT2D eigenvalue weighted by Gasteiger charge is 2.16. The van der Waals surface area contributed by atoms with Crippen molar-refractivity contribution >= 4 is 38.7 Å². The molecule has 0 fully saturated rings. The first-order chi connectivity index (χ1) is 11.1. The summed E-state index contributed by atoms with van der Waals surface area (Å²) in [6.45, 7) is 0. The summed E-state index contributed by atoms with van der Waals surface area (Å²) >= 11 is 7.91. The van der Waals surface area contributed by atoms with Gasteiger partial charge in [0.2, 0.25) is 0 Å². The lowest BCUT2D eigenvalue weighted by atomic mass is 9.95. The average molecular weight is 338 g/mol. The third-order valence-electron chi connectivity index (χ3n) is 3.88. The molecule has 0 atom stereocenters. The standard InChI is InChI=1S/C19H13ClN2S/c20-12-3-1-2-11(8-12)19-15-6-4-13(21)9-17(15)23-18-10-14(22)5-7-16(18)19/h1-10,21H,22H2/p+1. The minimum atomic E-state index is 0.724. The second kappa shape index (κ2) is 5.37. The molecule has 2 nitrogen and oxygen atoms in total. The van der Waals surface area contributed by atoms with Crippen LogP contribution in [0.4, 0.5) is 5.69 Å². The molecule has 112 valence electrons. The Hall–Kier alpha value is -2.36. The molecule has 2 aromatic rings. The fourth-order valence-electron chi connectivity index (χ4n) is 2.88. The number of nitrogen functional groups attached to an aromatic ring is 1. The molecule has 0 saturated heterocycles. The van der Waals surface area contributed by atoms with Crippen molar-refractivity contribution in [2.24, 2.45) is 0 Å². The molecule has 2 aromatic carbocycles. The number of halogens is 1. The predicted molar refractivity (Wildman–Crippen MR) is 98.4 cm³/mol. The van der Waals surface area contributed by atoms with E-state index in [2.05, 4.69) is 18.2 Å². The van der Waals surface area contributed by atoms with E-state index in [0.717, 1.165) is 36.8 Å². The first-order valence-electron chi connectivity index (χ1n) is 7.22. The molecule has 23 heavy (non-hydrogen) atoms. The number of benzene rings is 3. The van der Waals surface area contributed by atoms with Crippen LogP contribution in [0.2, 0.25) is 5.02 Å². The van der Waals surface area contributed by atoms with Crippen molar-refractivity contribution in [3.8, 4) is 21.6 Å². The lowest BCUT2D eigenvalue weighted by molar-refractivity contribution is -0.172. The fourth-order valence-corrected chi connectivity index (χ4v) is 4.26. The molecule has 0 radical (unpaired) electrons. The number of rotatable bonds is 1. The third kappa shape index (κ3) is 2.48. The van der Waals surface area contributed by atoms with Crippen LogP contribution in [0.15, 0.2) is 60.7 Å². The summed E-state index contributed by atoms with van der Waals surface area (Å²) in [5.41, 5.74) is 10.2. The van der Waals surface area contributed by atoms with Crippen molar-refractivity contribution in [3.63, 3.8) is 0 Å². The first kappa shape index (κ1) is 14.2. The number of nitrogens with two attached hydrogens (primary N) is 2. The van der Waals surface area contributed by atoms with Crippen LogP contribution in [0.25, 0.3) is 31.7 Å². The molecule has 0 spiro atoms. The van der Waals surface area contributed by atoms with Gasteiger partial charge in [-0.2, -0.15) is 0 Å². The van der Waals surface area contributed by atoms with Crippen molar-refractivity contribution in [2.75, 3.05) is 5.73 Å². The molecule has 0 bridgehead atoms. The zero-order valence-electron chi connectivity index (χ0n) is 12.2. The zero-order chi connectivity index (χ0) is 16.0. The molecular formula is C19H14ClN2S+. The van der Waals surface area contributed by atoms with Crippen molar-refractivity contribution in [1.29, 1.82) is 0 Å². The maximum absolute atomic E-state index is 6.21. The first-order valence-corrected chi connectivity index (χ1v) is 8.42. The van der Waals surface area contributed by atoms with Crippen LogP contribution in [0.3, 0.4) is 0 Å². The molecule has 4 rings (SSSR count). The van der Waals surface area contributed by atoms with Crippen LogP contribution in [0, 0.1) is 0 Å². The summed E-state index contributed by atoms with van der Waals surface area (Å²) in [6.07, 6.45) is 0. The molecule has 0 unspecified atom stereocenters. The number of fused-ring (bicyclic) bond motifs is 2. The lowest BCUT2D eigenvalue weighted by Gasteiger charge is -2.15. The van der Waals surface area contributed by atoms with E-state index < -0.39 is 0 Å². The largest absolute Gasteiger partial charge is 0.399 e. The van der Waals surface area contributed by atoms with Crippen LogP contribution in [0.1, 0.15) is 0 Å². The minimum absolute atomic E-state index is 0.724. The minimum Gasteiger partial charge on any atom is -0.399 e. The van der Waals surface area contributed by atoms with E-state index in [-0.39, 0.29) is 0 Å². The fraction of sp³-hybridized carbons (Fsp3) is 0. The van der Waals surface area contributed by atoms with Gasteiger partial charge in [0.1, 0.15) is 0 Å². The monoisotopic (exact) mass is 337 g/mol. The Labute approximate surface area is 142 Å². The molecular weight excluding hydrogens is 324 g/mol. The van der Waals surface area contributed by atoms with Crippen LogP contribution >= 0.6 is 22.9 Å². The quantitative estimate of drug-likeness (QED) is 0.405. The van der Waals surface area contributed by atoms with Crippen LogP contribution in [0.5, 0.6) is 0 Å². The Morgan fingerprint density at radius 2 is 1.83 bits per heavy atom. The molecule has 0 aromatic heterocycles. The summed E-state index contributed by atoms with van der Waals surface area (Å²) in [4.78, 5) is 1.14. The summed E-state index contributed by atoms with van der Waals surface area (Å²) in [6, 6.07) is 20.0. The summed E-state index contributed by atoms with van der Waals surface area (Å²) in [7, 11) is 0. The summed E-state index contributed by atoms with van der Waals surface area (Å²) in [5, 5.41) is 8.62. The van der Waals surface area contributed by atoms with E-state index in [9.17, 15) is 0 Å². The van der Waals surface area contributed by atoms with Gasteiger partial charge in [-0.3, -0.25) is 5.41 Å². The highest BCUT2D eigenvalue weighted by molar-refractivity contribution is 7.21. The van der Waals surface area contributed by atoms with E-state index >= 15 is 0 Å². The predicted octanol–water partition coefficient (Wildman–Crippen LogP) is 3.57. The number of hydrogen-bond acceptors (Lipinski definition) is 2. The van der Waals surface area contributed by atoms with Gasteiger partial charge in [0.05, 0.1) is 0 Å². The van der Waals surface area contributed by atoms with Crippen LogP contribution in [-0.4, -0.2) is 0 Å². The SMILES string of the molecule is Nc1ccc2c(-c3cccc(Cl)c3)c3ccc(=[NH2+])cc-3sc2c1. The van der Waals surface area contributed by atoms with Gasteiger partial charge in [-0.25, -0.2) is 0 Å². The molecule has 1 aliphatic carbocycles. The van der Waals surface area contributed by atoms with E-state index in [1.807, 2.05) is 42.5 Å². The second-order valence-electron chi connectivity index (χ2n) is 5.50. The summed E-state index contributed by atoms with van der Waals surface area (Å²) in [5.74, 6) is 0. The maximum atomic E-state index is 6.21. The van der Waals surface area contributed by atoms with Gasteiger partial charge in [-0.05, 0) is 41.5 Å². The molecule has 1 heterocycles. The highest BCUT2D eigenvalue weighted by atomic mass is 35.5. The Kier molecular flexibility index (Phi) is 3.33. The molecule has 0 saturated carbocycles. The van der Waals surface area contributed by atoms with Gasteiger partial charge in [-0.15, -0.1) is 11.3 Å². The van der Waals surface area contributed by atoms with E-state index in [0.29, 0.717) is 0 Å². The van der Waals surface area contributed by atoms with E-state index in [1.165, 1.54) is 10.9 Å². The number of hydrogen-bond donors (Lipinski definition) is 2. The molecule has 0 amide bonds. The smallest absolute Gasteiger partial charge is 0.198 e. The second-order valence-corrected chi connectivity index (χ2v) is 7.02. The average Bonchev–Trinajstić information content (AvgIpc) is 2.52. The Balaban J connectivity index is 2.20. The molecule has 1 aliphatic heterocycles. The zero-order valence-corrected chi connectivity index (χ0v) is 13.8. The normalized spacial score (nSPS) is 11.2. The molecule has 2 aliphatic rings. The Bertz CT molecular complexity index is 1070. The third-order valence-corrected chi connectivity index (χ3v) is 5.23. The molecule has 4 heteroatoms. The van der Waals surface area contributed by atoms with Gasteiger partial charge >= 0.3 is 0 Å². The van der Waals surface area contributed by atoms with E-state index in [4.69, 9.17) is 22.7 Å². The summed E-state index contributed by atoms with van der Waals surface area (Å²) < 4.78 is 1.14. The maximum Gasteiger partial charge on any atom is 0.198 e. The lowest BCUT2D eigenvalue weighted by Crippen LogP contribution is -2.44. The van der Waals surface area contributed by atoms with Crippen LogP contribution < -0.4 is 16.5 Å². The van der Waals surface area contributed by atoms with Crippen molar-refractivity contribution < 1.29 is 5.41 Å². The van der Waals surface area contributed by atoms with Gasteiger partial charge in [0.15, 0.2) is 5.36 Å². The Morgan fingerprint density at radius 3 is 2.65 bits per heavy atom. The van der Waals surface area contributed by atoms with E-state index in [1.54, 1.807) is 11.3 Å². The van der Waals surface area contributed by atoms with Crippen LogP contribution in [-0.2, 0) is 0 Å². The van der Waals surface area contributed by atoms with Crippen molar-refractivity contribution in [3.05, 3.63) is 71.0 Å². The molecule has 4 N–H and O–H groups in total. The van der Waals surface area contributed by atoms with Crippen molar-refractivity contribution in [2.45, 2.75) is 0 Å².